The summed E-state index contributed by atoms with van der Waals surface area (Å²) in [6.07, 6.45) is -0.527. The van der Waals surface area contributed by atoms with Gasteiger partial charge in [-0.15, -0.1) is 0 Å². The quantitative estimate of drug-likeness (QED) is 0.603. The van der Waals surface area contributed by atoms with Gasteiger partial charge in [0.05, 0.1) is 12.8 Å². The Kier molecular flexibility index (Phi) is 3.38. The lowest BCUT2D eigenvalue weighted by molar-refractivity contribution is -0.190. The Morgan fingerprint density at radius 2 is 2.20 bits per heavy atom. The van der Waals surface area contributed by atoms with Crippen molar-refractivity contribution >= 4 is 5.97 Å². The van der Waals surface area contributed by atoms with Crippen LogP contribution < -0.4 is 11.1 Å². The summed E-state index contributed by atoms with van der Waals surface area (Å²) < 4.78 is 10.7. The monoisotopic (exact) mass is 216 g/mol. The molecule has 1 aliphatic rings. The minimum atomic E-state index is -1.09. The van der Waals surface area contributed by atoms with Gasteiger partial charge in [0, 0.05) is 6.54 Å². The summed E-state index contributed by atoms with van der Waals surface area (Å²) in [7, 11) is 0. The van der Waals surface area contributed by atoms with Gasteiger partial charge in [0.25, 0.3) is 0 Å². The highest BCUT2D eigenvalue weighted by molar-refractivity contribution is 5.80. The number of ether oxygens (including phenoxy) is 2. The Morgan fingerprint density at radius 1 is 1.60 bits per heavy atom. The van der Waals surface area contributed by atoms with Crippen LogP contribution in [0.2, 0.25) is 0 Å². The third-order valence-corrected chi connectivity index (χ3v) is 2.27. The molecule has 88 valence electrons. The van der Waals surface area contributed by atoms with E-state index in [-0.39, 0.29) is 0 Å². The Balaban J connectivity index is 2.71. The van der Waals surface area contributed by atoms with E-state index >= 15 is 0 Å². The molecule has 1 aliphatic heterocycles. The largest absolute Gasteiger partial charge is 0.458 e. The molecule has 2 atom stereocenters. The van der Waals surface area contributed by atoms with E-state index in [2.05, 4.69) is 5.32 Å². The Bertz CT molecular complexity index is 250. The topological polar surface area (TPSA) is 73.6 Å². The zero-order valence-electron chi connectivity index (χ0n) is 9.79. The van der Waals surface area contributed by atoms with Gasteiger partial charge in [-0.2, -0.15) is 0 Å². The first-order valence-electron chi connectivity index (χ1n) is 5.12. The second-order valence-corrected chi connectivity index (χ2v) is 4.89. The second kappa shape index (κ2) is 4.08. The molecule has 5 nitrogen and oxygen atoms in total. The molecule has 1 saturated heterocycles. The maximum absolute atomic E-state index is 11.9. The molecule has 1 fully saturated rings. The van der Waals surface area contributed by atoms with Gasteiger partial charge < -0.3 is 15.2 Å². The molecule has 15 heavy (non-hydrogen) atoms. The van der Waals surface area contributed by atoms with Crippen LogP contribution in [0, 0.1) is 0 Å². The Labute approximate surface area is 90.3 Å². The van der Waals surface area contributed by atoms with Gasteiger partial charge in [-0.25, -0.2) is 4.79 Å². The molecule has 5 heteroatoms. The van der Waals surface area contributed by atoms with Crippen LogP contribution in [-0.2, 0) is 14.3 Å². The predicted molar refractivity (Wildman–Crippen MR) is 56.2 cm³/mol. The predicted octanol–water partition coefficient (Wildman–Crippen LogP) is -0.00860. The van der Waals surface area contributed by atoms with E-state index in [0.29, 0.717) is 13.2 Å². The Hall–Kier alpha value is -0.650. The van der Waals surface area contributed by atoms with Crippen molar-refractivity contribution in [3.05, 3.63) is 0 Å². The van der Waals surface area contributed by atoms with Crippen LogP contribution in [0.4, 0.5) is 0 Å². The average molecular weight is 216 g/mol. The van der Waals surface area contributed by atoms with Crippen molar-refractivity contribution in [3.63, 3.8) is 0 Å². The zero-order chi connectivity index (χ0) is 11.7. The first kappa shape index (κ1) is 12.4. The number of rotatable bonds is 1. The van der Waals surface area contributed by atoms with E-state index in [0.717, 1.165) is 0 Å². The van der Waals surface area contributed by atoms with Crippen LogP contribution in [-0.4, -0.2) is 36.5 Å². The van der Waals surface area contributed by atoms with Gasteiger partial charge >= 0.3 is 5.97 Å². The van der Waals surface area contributed by atoms with Crippen molar-refractivity contribution in [2.75, 3.05) is 13.2 Å². The van der Waals surface area contributed by atoms with E-state index in [1.165, 1.54) is 0 Å². The number of morpholine rings is 1. The van der Waals surface area contributed by atoms with Crippen molar-refractivity contribution < 1.29 is 14.3 Å². The van der Waals surface area contributed by atoms with E-state index in [1.54, 1.807) is 6.92 Å². The third-order valence-electron chi connectivity index (χ3n) is 2.27. The minimum absolute atomic E-state index is 0.422. The summed E-state index contributed by atoms with van der Waals surface area (Å²) in [5.41, 5.74) is 4.18. The molecule has 0 bridgehead atoms. The maximum atomic E-state index is 11.9. The molecule has 2 unspecified atom stereocenters. The molecule has 0 aromatic carbocycles. The lowest BCUT2D eigenvalue weighted by Gasteiger charge is -2.39. The van der Waals surface area contributed by atoms with Crippen LogP contribution in [0.25, 0.3) is 0 Å². The fraction of sp³-hybridized carbons (Fsp3) is 0.900. The number of hydrogen-bond acceptors (Lipinski definition) is 5. The number of esters is 1. The average Bonchev–Trinajstić information content (AvgIpc) is 2.07. The van der Waals surface area contributed by atoms with Gasteiger partial charge in [-0.1, -0.05) is 0 Å². The summed E-state index contributed by atoms with van der Waals surface area (Å²) >= 11 is 0. The molecule has 0 aliphatic carbocycles. The molecule has 0 radical (unpaired) electrons. The highest BCUT2D eigenvalue weighted by Gasteiger charge is 2.45. The van der Waals surface area contributed by atoms with Gasteiger partial charge in [0.1, 0.15) is 5.60 Å². The first-order valence-corrected chi connectivity index (χ1v) is 5.12. The highest BCUT2D eigenvalue weighted by Crippen LogP contribution is 2.21. The smallest absolute Gasteiger partial charge is 0.341 e. The summed E-state index contributed by atoms with van der Waals surface area (Å²) in [4.78, 5) is 11.9. The van der Waals surface area contributed by atoms with E-state index in [4.69, 9.17) is 15.2 Å². The molecule has 1 heterocycles. The van der Waals surface area contributed by atoms with E-state index < -0.39 is 23.3 Å². The number of nitrogens with one attached hydrogen (secondary N) is 1. The molecule has 0 amide bonds. The molecule has 0 spiro atoms. The van der Waals surface area contributed by atoms with Crippen molar-refractivity contribution in [1.29, 1.82) is 0 Å². The van der Waals surface area contributed by atoms with Crippen LogP contribution in [0.15, 0.2) is 0 Å². The number of hydrogen-bond donors (Lipinski definition) is 2. The fourth-order valence-electron chi connectivity index (χ4n) is 1.33. The van der Waals surface area contributed by atoms with Gasteiger partial charge in [0.2, 0.25) is 0 Å². The SMILES string of the molecule is CC(C)(C)OC(=O)C1(C)OCCNC1N. The van der Waals surface area contributed by atoms with Crippen molar-refractivity contribution in [2.45, 2.75) is 45.1 Å². The summed E-state index contributed by atoms with van der Waals surface area (Å²) in [6, 6.07) is 0. The molecule has 1 rings (SSSR count). The number of carbonyl (C=O) groups excluding carboxylic acids is 1. The molecule has 3 N–H and O–H groups in total. The lowest BCUT2D eigenvalue weighted by Crippen LogP contribution is -2.65. The van der Waals surface area contributed by atoms with Gasteiger partial charge in [-0.3, -0.25) is 5.32 Å². The van der Waals surface area contributed by atoms with E-state index in [1.807, 2.05) is 20.8 Å². The third kappa shape index (κ3) is 2.90. The molecule has 0 aromatic heterocycles. The summed E-state index contributed by atoms with van der Waals surface area (Å²) in [5.74, 6) is -0.422. The van der Waals surface area contributed by atoms with Gasteiger partial charge in [-0.05, 0) is 27.7 Å². The van der Waals surface area contributed by atoms with E-state index in [9.17, 15) is 4.79 Å². The van der Waals surface area contributed by atoms with Crippen LogP contribution >= 0.6 is 0 Å². The molecule has 0 aromatic rings. The fourth-order valence-corrected chi connectivity index (χ4v) is 1.33. The zero-order valence-corrected chi connectivity index (χ0v) is 9.79. The van der Waals surface area contributed by atoms with Crippen molar-refractivity contribution in [3.8, 4) is 0 Å². The lowest BCUT2D eigenvalue weighted by atomic mass is 10.0. The normalized spacial score (nSPS) is 32.5. The Morgan fingerprint density at radius 3 is 2.67 bits per heavy atom. The number of carbonyl (C=O) groups is 1. The second-order valence-electron chi connectivity index (χ2n) is 4.89. The maximum Gasteiger partial charge on any atom is 0.341 e. The van der Waals surface area contributed by atoms with Crippen molar-refractivity contribution in [1.82, 2.24) is 5.32 Å². The van der Waals surface area contributed by atoms with Crippen LogP contribution in [0.3, 0.4) is 0 Å². The standard InChI is InChI=1S/C10H20N2O3/c1-9(2,3)15-8(13)10(4)7(11)12-5-6-14-10/h7,12H,5-6,11H2,1-4H3. The number of nitrogens with two attached hydrogens (primary N) is 1. The first-order chi connectivity index (χ1) is 6.76. The van der Waals surface area contributed by atoms with Gasteiger partial charge in [0.15, 0.2) is 5.60 Å². The molecule has 0 saturated carbocycles. The summed E-state index contributed by atoms with van der Waals surface area (Å²) in [5, 5.41) is 2.99. The van der Waals surface area contributed by atoms with Crippen LogP contribution in [0.5, 0.6) is 0 Å². The molecular weight excluding hydrogens is 196 g/mol. The molecular formula is C10H20N2O3. The van der Waals surface area contributed by atoms with Crippen molar-refractivity contribution in [2.24, 2.45) is 5.73 Å². The highest BCUT2D eigenvalue weighted by atomic mass is 16.6. The minimum Gasteiger partial charge on any atom is -0.458 e. The van der Waals surface area contributed by atoms with Crippen LogP contribution in [0.1, 0.15) is 27.7 Å². The summed E-state index contributed by atoms with van der Waals surface area (Å²) in [6.45, 7) is 8.21.